The number of unbranched alkanes of at least 4 members (excludes halogenated alkanes) is 1. The molecular weight excluding hydrogens is 243 g/mol. The summed E-state index contributed by atoms with van der Waals surface area (Å²) in [5.74, 6) is -0.115. The molecule has 1 aromatic carbocycles. The number of methoxy groups -OCH3 is 1. The molecule has 108 valence electrons. The van der Waals surface area contributed by atoms with Crippen LogP contribution in [0.15, 0.2) is 24.3 Å². The van der Waals surface area contributed by atoms with Gasteiger partial charge < -0.3 is 15.0 Å². The first-order chi connectivity index (χ1) is 9.24. The highest BCUT2D eigenvalue weighted by molar-refractivity contribution is 5.16. The van der Waals surface area contributed by atoms with Gasteiger partial charge in [0.05, 0.1) is 6.61 Å². The first kappa shape index (κ1) is 16.1. The largest absolute Gasteiger partial charge is 0.383 e. The summed E-state index contributed by atoms with van der Waals surface area (Å²) in [5.41, 5.74) is 0.767. The Morgan fingerprint density at radius 3 is 2.74 bits per heavy atom. The molecule has 1 rings (SSSR count). The Morgan fingerprint density at radius 2 is 2.00 bits per heavy atom. The molecule has 0 heterocycles. The predicted molar refractivity (Wildman–Crippen MR) is 76.7 cm³/mol. The molecule has 0 saturated carbocycles. The van der Waals surface area contributed by atoms with E-state index in [4.69, 9.17) is 4.74 Å². The van der Waals surface area contributed by atoms with Gasteiger partial charge in [-0.2, -0.15) is 0 Å². The fourth-order valence-electron chi connectivity index (χ4n) is 1.93. The molecule has 0 aromatic heterocycles. The van der Waals surface area contributed by atoms with E-state index in [2.05, 4.69) is 10.2 Å². The van der Waals surface area contributed by atoms with Crippen molar-refractivity contribution in [1.82, 2.24) is 10.2 Å². The SMILES string of the molecule is COCCNCCCCN(C)Cc1ccccc1F. The van der Waals surface area contributed by atoms with Gasteiger partial charge in [-0.25, -0.2) is 4.39 Å². The standard InChI is InChI=1S/C15H25FN2O/c1-18(11-6-5-9-17-10-12-19-2)13-14-7-3-4-8-15(14)16/h3-4,7-8,17H,5-6,9-13H2,1-2H3. The van der Waals surface area contributed by atoms with E-state index in [1.54, 1.807) is 13.2 Å². The van der Waals surface area contributed by atoms with Crippen molar-refractivity contribution in [3.05, 3.63) is 35.6 Å². The Kier molecular flexibility index (Phi) is 8.38. The molecule has 1 aromatic rings. The smallest absolute Gasteiger partial charge is 0.127 e. The summed E-state index contributed by atoms with van der Waals surface area (Å²) >= 11 is 0. The van der Waals surface area contributed by atoms with Crippen LogP contribution in [0.1, 0.15) is 18.4 Å². The minimum absolute atomic E-state index is 0.115. The maximum Gasteiger partial charge on any atom is 0.127 e. The molecule has 0 aliphatic carbocycles. The average Bonchev–Trinajstić information content (AvgIpc) is 2.40. The number of hydrogen-bond donors (Lipinski definition) is 1. The topological polar surface area (TPSA) is 24.5 Å². The number of nitrogens with zero attached hydrogens (tertiary/aromatic N) is 1. The Labute approximate surface area is 115 Å². The normalized spacial score (nSPS) is 11.2. The van der Waals surface area contributed by atoms with E-state index in [9.17, 15) is 4.39 Å². The van der Waals surface area contributed by atoms with E-state index >= 15 is 0 Å². The highest BCUT2D eigenvalue weighted by Crippen LogP contribution is 2.09. The van der Waals surface area contributed by atoms with Crippen molar-refractivity contribution >= 4 is 0 Å². The van der Waals surface area contributed by atoms with Gasteiger partial charge in [-0.3, -0.25) is 0 Å². The molecule has 0 amide bonds. The van der Waals surface area contributed by atoms with E-state index < -0.39 is 0 Å². The Bertz CT molecular complexity index is 347. The molecule has 0 bridgehead atoms. The van der Waals surface area contributed by atoms with Crippen LogP contribution in [0.5, 0.6) is 0 Å². The van der Waals surface area contributed by atoms with Crippen molar-refractivity contribution in [2.24, 2.45) is 0 Å². The van der Waals surface area contributed by atoms with Gasteiger partial charge in [0.25, 0.3) is 0 Å². The van der Waals surface area contributed by atoms with Crippen molar-refractivity contribution < 1.29 is 9.13 Å². The molecule has 0 radical (unpaired) electrons. The fourth-order valence-corrected chi connectivity index (χ4v) is 1.93. The zero-order valence-electron chi connectivity index (χ0n) is 12.0. The molecule has 1 N–H and O–H groups in total. The van der Waals surface area contributed by atoms with Gasteiger partial charge in [0.2, 0.25) is 0 Å². The van der Waals surface area contributed by atoms with Crippen molar-refractivity contribution in [2.75, 3.05) is 40.4 Å². The summed E-state index contributed by atoms with van der Waals surface area (Å²) in [6, 6.07) is 6.97. The molecule has 0 fully saturated rings. The van der Waals surface area contributed by atoms with Gasteiger partial charge in [-0.1, -0.05) is 18.2 Å². The van der Waals surface area contributed by atoms with Gasteiger partial charge in [0, 0.05) is 25.8 Å². The zero-order valence-corrected chi connectivity index (χ0v) is 12.0. The minimum atomic E-state index is -0.115. The highest BCUT2D eigenvalue weighted by atomic mass is 19.1. The molecule has 0 aliphatic heterocycles. The predicted octanol–water partition coefficient (Wildman–Crippen LogP) is 2.27. The van der Waals surface area contributed by atoms with Crippen LogP contribution in [0, 0.1) is 5.82 Å². The van der Waals surface area contributed by atoms with Crippen LogP contribution in [0.3, 0.4) is 0 Å². The van der Waals surface area contributed by atoms with Crippen LogP contribution >= 0.6 is 0 Å². The van der Waals surface area contributed by atoms with Gasteiger partial charge in [0.15, 0.2) is 0 Å². The van der Waals surface area contributed by atoms with E-state index in [1.165, 1.54) is 6.07 Å². The Morgan fingerprint density at radius 1 is 1.21 bits per heavy atom. The van der Waals surface area contributed by atoms with Gasteiger partial charge >= 0.3 is 0 Å². The fraction of sp³-hybridized carbons (Fsp3) is 0.600. The third-order valence-corrected chi connectivity index (χ3v) is 3.02. The van der Waals surface area contributed by atoms with Crippen molar-refractivity contribution in [1.29, 1.82) is 0 Å². The highest BCUT2D eigenvalue weighted by Gasteiger charge is 2.04. The molecular formula is C15H25FN2O. The summed E-state index contributed by atoms with van der Waals surface area (Å²) in [4.78, 5) is 2.16. The van der Waals surface area contributed by atoms with Crippen LogP contribution in [-0.2, 0) is 11.3 Å². The van der Waals surface area contributed by atoms with E-state index in [0.717, 1.165) is 44.6 Å². The van der Waals surface area contributed by atoms with Crippen LogP contribution in [-0.4, -0.2) is 45.3 Å². The summed E-state index contributed by atoms with van der Waals surface area (Å²) < 4.78 is 18.4. The van der Waals surface area contributed by atoms with Crippen molar-refractivity contribution in [2.45, 2.75) is 19.4 Å². The number of rotatable bonds is 10. The number of nitrogens with one attached hydrogen (secondary N) is 1. The molecule has 3 nitrogen and oxygen atoms in total. The number of hydrogen-bond acceptors (Lipinski definition) is 3. The number of ether oxygens (including phenoxy) is 1. The van der Waals surface area contributed by atoms with Crippen LogP contribution in [0.25, 0.3) is 0 Å². The third-order valence-electron chi connectivity index (χ3n) is 3.02. The van der Waals surface area contributed by atoms with Gasteiger partial charge in [-0.15, -0.1) is 0 Å². The van der Waals surface area contributed by atoms with Crippen molar-refractivity contribution in [3.63, 3.8) is 0 Å². The number of halogens is 1. The van der Waals surface area contributed by atoms with E-state index in [-0.39, 0.29) is 5.82 Å². The van der Waals surface area contributed by atoms with Crippen molar-refractivity contribution in [3.8, 4) is 0 Å². The third kappa shape index (κ3) is 7.25. The molecule has 4 heteroatoms. The van der Waals surface area contributed by atoms with E-state index in [0.29, 0.717) is 6.54 Å². The molecule has 0 atom stereocenters. The van der Waals surface area contributed by atoms with Crippen LogP contribution in [0.2, 0.25) is 0 Å². The van der Waals surface area contributed by atoms with Crippen LogP contribution in [0.4, 0.5) is 4.39 Å². The second-order valence-electron chi connectivity index (χ2n) is 4.78. The lowest BCUT2D eigenvalue weighted by Gasteiger charge is -2.17. The first-order valence-electron chi connectivity index (χ1n) is 6.85. The summed E-state index contributed by atoms with van der Waals surface area (Å²) in [7, 11) is 3.74. The van der Waals surface area contributed by atoms with E-state index in [1.807, 2.05) is 19.2 Å². The second-order valence-corrected chi connectivity index (χ2v) is 4.78. The lowest BCUT2D eigenvalue weighted by Crippen LogP contribution is -2.23. The lowest BCUT2D eigenvalue weighted by molar-refractivity contribution is 0.199. The molecule has 0 spiro atoms. The second kappa shape index (κ2) is 9.89. The maximum atomic E-state index is 13.5. The lowest BCUT2D eigenvalue weighted by atomic mass is 10.2. The average molecular weight is 268 g/mol. The molecule has 19 heavy (non-hydrogen) atoms. The van der Waals surface area contributed by atoms with Gasteiger partial charge in [0.1, 0.15) is 5.82 Å². The summed E-state index contributed by atoms with van der Waals surface area (Å²) in [5, 5.41) is 3.32. The summed E-state index contributed by atoms with van der Waals surface area (Å²) in [6.07, 6.45) is 2.25. The maximum absolute atomic E-state index is 13.5. The first-order valence-corrected chi connectivity index (χ1v) is 6.85. The zero-order chi connectivity index (χ0) is 13.9. The Hall–Kier alpha value is -0.970. The molecule has 0 unspecified atom stereocenters. The minimum Gasteiger partial charge on any atom is -0.383 e. The summed E-state index contributed by atoms with van der Waals surface area (Å²) in [6.45, 7) is 4.33. The number of benzene rings is 1. The quantitative estimate of drug-likeness (QED) is 0.659. The van der Waals surface area contributed by atoms with Crippen LogP contribution < -0.4 is 5.32 Å². The monoisotopic (exact) mass is 268 g/mol. The van der Waals surface area contributed by atoms with Gasteiger partial charge in [-0.05, 0) is 39.0 Å². The molecule has 0 saturated heterocycles. The Balaban J connectivity index is 2.08. The molecule has 0 aliphatic rings.